The Morgan fingerprint density at radius 2 is 1.48 bits per heavy atom. The fraction of sp³-hybridized carbons (Fsp3) is 0.0500. The highest BCUT2D eigenvalue weighted by Crippen LogP contribution is 2.23. The van der Waals surface area contributed by atoms with E-state index in [1.54, 1.807) is 54.6 Å². The Balaban J connectivity index is 1.75. The summed E-state index contributed by atoms with van der Waals surface area (Å²) in [4.78, 5) is 29.0. The number of nitrogens with one attached hydrogen (secondary N) is 2. The van der Waals surface area contributed by atoms with Crippen LogP contribution in [0.5, 0.6) is 5.75 Å². The molecule has 0 aliphatic rings. The number of carbonyl (C=O) groups excluding carboxylic acids is 2. The number of para-hydroxylation sites is 2. The molecular formula is C20H16ClN3O3. The molecule has 0 bridgehead atoms. The van der Waals surface area contributed by atoms with Crippen molar-refractivity contribution >= 4 is 34.8 Å². The number of hydrogen-bond acceptors (Lipinski definition) is 4. The molecule has 2 N–H and O–H groups in total. The van der Waals surface area contributed by atoms with Gasteiger partial charge in [-0.05, 0) is 48.5 Å². The fourth-order valence-electron chi connectivity index (χ4n) is 2.35. The van der Waals surface area contributed by atoms with Gasteiger partial charge < -0.3 is 15.4 Å². The average molecular weight is 382 g/mol. The predicted octanol–water partition coefficient (Wildman–Crippen LogP) is 4.25. The summed E-state index contributed by atoms with van der Waals surface area (Å²) >= 11 is 5.83. The van der Waals surface area contributed by atoms with Crippen LogP contribution in [0.2, 0.25) is 5.02 Å². The lowest BCUT2D eigenvalue weighted by molar-refractivity contribution is 0.101. The standard InChI is InChI=1S/C20H16ClN3O3/c1-27-18-8-3-2-5-15(18)24-20(26)17-7-4-6-16(23-17)19(25)22-14-11-9-13(21)10-12-14/h2-12H,1H3,(H,22,25)(H,24,26). The highest BCUT2D eigenvalue weighted by atomic mass is 35.5. The third-order valence-corrected chi connectivity index (χ3v) is 3.92. The highest BCUT2D eigenvalue weighted by Gasteiger charge is 2.14. The molecule has 0 aliphatic carbocycles. The molecular weight excluding hydrogens is 366 g/mol. The molecule has 0 fully saturated rings. The number of aromatic nitrogens is 1. The number of benzene rings is 2. The molecule has 3 aromatic rings. The van der Waals surface area contributed by atoms with E-state index in [1.807, 2.05) is 0 Å². The van der Waals surface area contributed by atoms with Crippen LogP contribution in [0.25, 0.3) is 0 Å². The maximum Gasteiger partial charge on any atom is 0.274 e. The number of rotatable bonds is 5. The van der Waals surface area contributed by atoms with Gasteiger partial charge in [-0.15, -0.1) is 0 Å². The van der Waals surface area contributed by atoms with Gasteiger partial charge in [0.25, 0.3) is 11.8 Å². The second kappa shape index (κ2) is 8.33. The molecule has 2 aromatic carbocycles. The lowest BCUT2D eigenvalue weighted by Gasteiger charge is -2.10. The number of nitrogens with zero attached hydrogens (tertiary/aromatic N) is 1. The minimum atomic E-state index is -0.444. The Morgan fingerprint density at radius 3 is 2.15 bits per heavy atom. The average Bonchev–Trinajstić information content (AvgIpc) is 2.70. The minimum Gasteiger partial charge on any atom is -0.495 e. The summed E-state index contributed by atoms with van der Waals surface area (Å²) in [5, 5.41) is 6.01. The summed E-state index contributed by atoms with van der Waals surface area (Å²) in [6, 6.07) is 18.4. The molecule has 0 unspecified atom stereocenters. The summed E-state index contributed by atoms with van der Waals surface area (Å²) < 4.78 is 5.21. The third-order valence-electron chi connectivity index (χ3n) is 3.67. The van der Waals surface area contributed by atoms with Crippen molar-refractivity contribution in [2.75, 3.05) is 17.7 Å². The van der Waals surface area contributed by atoms with E-state index in [2.05, 4.69) is 15.6 Å². The Kier molecular flexibility index (Phi) is 5.68. The van der Waals surface area contributed by atoms with Crippen LogP contribution in [0.4, 0.5) is 11.4 Å². The first kappa shape index (κ1) is 18.4. The Labute approximate surface area is 161 Å². The molecule has 0 aliphatic heterocycles. The van der Waals surface area contributed by atoms with E-state index in [0.717, 1.165) is 0 Å². The van der Waals surface area contributed by atoms with Crippen LogP contribution < -0.4 is 15.4 Å². The maximum absolute atomic E-state index is 12.5. The zero-order valence-electron chi connectivity index (χ0n) is 14.4. The number of carbonyl (C=O) groups is 2. The molecule has 1 heterocycles. The first-order valence-corrected chi connectivity index (χ1v) is 8.43. The number of hydrogen-bond donors (Lipinski definition) is 2. The molecule has 0 atom stereocenters. The monoisotopic (exact) mass is 381 g/mol. The topological polar surface area (TPSA) is 80.3 Å². The van der Waals surface area contributed by atoms with E-state index >= 15 is 0 Å². The van der Waals surface area contributed by atoms with E-state index in [-0.39, 0.29) is 11.4 Å². The van der Waals surface area contributed by atoms with Crippen LogP contribution in [0.1, 0.15) is 21.0 Å². The molecule has 0 saturated carbocycles. The van der Waals surface area contributed by atoms with Gasteiger partial charge >= 0.3 is 0 Å². The van der Waals surface area contributed by atoms with Gasteiger partial charge in [0.15, 0.2) is 0 Å². The van der Waals surface area contributed by atoms with Crippen molar-refractivity contribution in [3.63, 3.8) is 0 Å². The Bertz CT molecular complexity index is 974. The quantitative estimate of drug-likeness (QED) is 0.692. The lowest BCUT2D eigenvalue weighted by Crippen LogP contribution is -2.18. The van der Waals surface area contributed by atoms with E-state index in [9.17, 15) is 9.59 Å². The Hall–Kier alpha value is -3.38. The van der Waals surface area contributed by atoms with E-state index in [4.69, 9.17) is 16.3 Å². The normalized spacial score (nSPS) is 10.1. The summed E-state index contributed by atoms with van der Waals surface area (Å²) in [6.45, 7) is 0. The molecule has 1 aromatic heterocycles. The van der Waals surface area contributed by atoms with Crippen molar-refractivity contribution in [3.05, 3.63) is 83.1 Å². The van der Waals surface area contributed by atoms with Crippen LogP contribution in [0.15, 0.2) is 66.7 Å². The van der Waals surface area contributed by atoms with E-state index < -0.39 is 11.8 Å². The number of halogens is 1. The molecule has 2 amide bonds. The SMILES string of the molecule is COc1ccccc1NC(=O)c1cccc(C(=O)Nc2ccc(Cl)cc2)n1. The van der Waals surface area contributed by atoms with Crippen LogP contribution in [-0.2, 0) is 0 Å². The maximum atomic E-state index is 12.5. The van der Waals surface area contributed by atoms with Crippen LogP contribution in [0.3, 0.4) is 0 Å². The molecule has 0 saturated heterocycles. The van der Waals surface area contributed by atoms with Gasteiger partial charge in [0.05, 0.1) is 12.8 Å². The minimum absolute atomic E-state index is 0.115. The number of pyridine rings is 1. The smallest absolute Gasteiger partial charge is 0.274 e. The highest BCUT2D eigenvalue weighted by molar-refractivity contribution is 6.30. The van der Waals surface area contributed by atoms with Gasteiger partial charge in [-0.1, -0.05) is 29.8 Å². The molecule has 136 valence electrons. The second-order valence-electron chi connectivity index (χ2n) is 5.52. The first-order chi connectivity index (χ1) is 13.1. The van der Waals surface area contributed by atoms with Crippen molar-refractivity contribution < 1.29 is 14.3 Å². The van der Waals surface area contributed by atoms with E-state index in [1.165, 1.54) is 19.2 Å². The Morgan fingerprint density at radius 1 is 0.852 bits per heavy atom. The zero-order valence-corrected chi connectivity index (χ0v) is 15.2. The molecule has 6 nitrogen and oxygen atoms in total. The van der Waals surface area contributed by atoms with Crippen molar-refractivity contribution in [2.45, 2.75) is 0 Å². The third kappa shape index (κ3) is 4.62. The second-order valence-corrected chi connectivity index (χ2v) is 5.96. The molecule has 3 rings (SSSR count). The predicted molar refractivity (Wildman–Crippen MR) is 105 cm³/mol. The van der Waals surface area contributed by atoms with Crippen molar-refractivity contribution in [2.24, 2.45) is 0 Å². The first-order valence-electron chi connectivity index (χ1n) is 8.05. The molecule has 0 radical (unpaired) electrons. The number of methoxy groups -OCH3 is 1. The molecule has 0 spiro atoms. The summed E-state index contributed by atoms with van der Waals surface area (Å²) in [7, 11) is 1.52. The zero-order chi connectivity index (χ0) is 19.2. The lowest BCUT2D eigenvalue weighted by atomic mass is 10.2. The number of anilines is 2. The van der Waals surface area contributed by atoms with Crippen LogP contribution >= 0.6 is 11.6 Å². The van der Waals surface area contributed by atoms with Crippen molar-refractivity contribution in [1.29, 1.82) is 0 Å². The van der Waals surface area contributed by atoms with Gasteiger partial charge in [0.2, 0.25) is 0 Å². The van der Waals surface area contributed by atoms with Gasteiger partial charge in [0, 0.05) is 10.7 Å². The van der Waals surface area contributed by atoms with Crippen LogP contribution in [0, 0.1) is 0 Å². The summed E-state index contributed by atoms with van der Waals surface area (Å²) in [6.07, 6.45) is 0. The van der Waals surface area contributed by atoms with Crippen LogP contribution in [-0.4, -0.2) is 23.9 Å². The van der Waals surface area contributed by atoms with Gasteiger partial charge in [-0.25, -0.2) is 4.98 Å². The summed E-state index contributed by atoms with van der Waals surface area (Å²) in [5.74, 6) is -0.340. The summed E-state index contributed by atoms with van der Waals surface area (Å²) in [5.41, 5.74) is 1.33. The van der Waals surface area contributed by atoms with E-state index in [0.29, 0.717) is 22.1 Å². The van der Waals surface area contributed by atoms with Gasteiger partial charge in [0.1, 0.15) is 17.1 Å². The van der Waals surface area contributed by atoms with Gasteiger partial charge in [-0.3, -0.25) is 9.59 Å². The largest absolute Gasteiger partial charge is 0.495 e. The van der Waals surface area contributed by atoms with Crippen molar-refractivity contribution in [3.8, 4) is 5.75 Å². The number of ether oxygens (including phenoxy) is 1. The molecule has 7 heteroatoms. The fourth-order valence-corrected chi connectivity index (χ4v) is 2.48. The number of amides is 2. The molecule has 27 heavy (non-hydrogen) atoms. The van der Waals surface area contributed by atoms with Crippen molar-refractivity contribution in [1.82, 2.24) is 4.98 Å². The van der Waals surface area contributed by atoms with Gasteiger partial charge in [-0.2, -0.15) is 0 Å².